The van der Waals surface area contributed by atoms with Crippen molar-refractivity contribution in [3.63, 3.8) is 0 Å². The summed E-state index contributed by atoms with van der Waals surface area (Å²) in [6.07, 6.45) is 0.574. The maximum atomic E-state index is 9.55. The van der Waals surface area contributed by atoms with Gasteiger partial charge in [-0.05, 0) is 0 Å². The molecule has 0 aliphatic heterocycles. The summed E-state index contributed by atoms with van der Waals surface area (Å²) in [5.41, 5.74) is 1.08. The Morgan fingerprint density at radius 3 is 2.60 bits per heavy atom. The van der Waals surface area contributed by atoms with E-state index in [-0.39, 0.29) is 0 Å². The molecule has 1 rings (SSSR count). The summed E-state index contributed by atoms with van der Waals surface area (Å²) in [4.78, 5) is 3.57. The highest BCUT2D eigenvalue weighted by Crippen LogP contribution is 2.00. The summed E-state index contributed by atoms with van der Waals surface area (Å²) >= 11 is 0. The first-order valence-electron chi connectivity index (χ1n) is 3.07. The fraction of sp³-hybridized carbons (Fsp3) is 0.125. The van der Waals surface area contributed by atoms with Gasteiger partial charge in [-0.15, -0.1) is 6.42 Å². The van der Waals surface area contributed by atoms with Gasteiger partial charge in [-0.1, -0.05) is 35.9 Å². The van der Waals surface area contributed by atoms with Crippen LogP contribution >= 0.6 is 0 Å². The van der Waals surface area contributed by atoms with Crippen molar-refractivity contribution in [2.24, 2.45) is 0 Å². The van der Waals surface area contributed by atoms with Crippen LogP contribution in [0.3, 0.4) is 0 Å². The Morgan fingerprint density at radius 1 is 1.30 bits per heavy atom. The van der Waals surface area contributed by atoms with Crippen LogP contribution in [0.1, 0.15) is 5.56 Å². The van der Waals surface area contributed by atoms with Crippen molar-refractivity contribution in [2.45, 2.75) is 6.42 Å². The Hall–Kier alpha value is -0.860. The van der Waals surface area contributed by atoms with Gasteiger partial charge in [-0.2, -0.15) is 0 Å². The van der Waals surface area contributed by atoms with Gasteiger partial charge >= 0.3 is 0 Å². The van der Waals surface area contributed by atoms with Crippen molar-refractivity contribution in [3.05, 3.63) is 42.5 Å². The highest BCUT2D eigenvalue weighted by Gasteiger charge is 1.79. The molecular weight excluding hydrogens is 128 g/mol. The predicted molar refractivity (Wildman–Crippen MR) is 35.5 cm³/mol. The zero-order valence-corrected chi connectivity index (χ0v) is 5.49. The Morgan fingerprint density at radius 2 is 2.00 bits per heavy atom. The molecule has 1 aromatic rings. The van der Waals surface area contributed by atoms with Crippen molar-refractivity contribution < 1.29 is 10.1 Å². The van der Waals surface area contributed by atoms with Gasteiger partial charge in [0.1, 0.15) is 0 Å². The minimum Gasteiger partial charge on any atom is -0.759 e. The quantitative estimate of drug-likeness (QED) is 0.348. The van der Waals surface area contributed by atoms with Gasteiger partial charge in [-0.3, -0.25) is 0 Å². The topological polar surface area (TPSA) is 32.3 Å². The minimum absolute atomic E-state index is 0.574. The van der Waals surface area contributed by atoms with Gasteiger partial charge in [0, 0.05) is 0 Å². The third-order valence-corrected chi connectivity index (χ3v) is 1.23. The van der Waals surface area contributed by atoms with Gasteiger partial charge in [0.25, 0.3) is 0 Å². The molecule has 2 heteroatoms. The molecule has 1 aromatic carbocycles. The lowest BCUT2D eigenvalue weighted by Gasteiger charge is -2.18. The monoisotopic (exact) mass is 136 g/mol. The van der Waals surface area contributed by atoms with E-state index >= 15 is 0 Å². The molecule has 0 heterocycles. The summed E-state index contributed by atoms with van der Waals surface area (Å²) in [6.45, 7) is 1.23. The van der Waals surface area contributed by atoms with E-state index in [0.717, 1.165) is 5.56 Å². The number of rotatable bonds is 3. The lowest BCUT2D eigenvalue weighted by molar-refractivity contribution is -0.675. The van der Waals surface area contributed by atoms with E-state index in [4.69, 9.17) is 0 Å². The van der Waals surface area contributed by atoms with Gasteiger partial charge in [0.05, 0.1) is 0 Å². The Kier molecular flexibility index (Phi) is 2.93. The first-order valence-corrected chi connectivity index (χ1v) is 3.07. The summed E-state index contributed by atoms with van der Waals surface area (Å²) in [6, 6.07) is 9.66. The molecule has 10 heavy (non-hydrogen) atoms. The molecule has 54 valence electrons. The predicted octanol–water partition coefficient (Wildman–Crippen LogP) is 0.683. The van der Waals surface area contributed by atoms with Crippen molar-refractivity contribution in [1.29, 1.82) is 0 Å². The highest BCUT2D eigenvalue weighted by atomic mass is 17.1. The molecule has 0 amide bonds. The fourth-order valence-corrected chi connectivity index (χ4v) is 0.744. The third kappa shape index (κ3) is 2.17. The smallest absolute Gasteiger partial charge is 0.0616 e. The standard InChI is InChI=1S/C8H9O2/c9-10-7-6-8-4-2-1-3-5-8/h1-5,7,9H,6H2/q-1/p-1. The van der Waals surface area contributed by atoms with Gasteiger partial charge in [-0.25, -0.2) is 6.61 Å². The normalized spacial score (nSPS) is 9.70. The van der Waals surface area contributed by atoms with E-state index in [9.17, 15) is 5.26 Å². The van der Waals surface area contributed by atoms with Gasteiger partial charge in [0.2, 0.25) is 0 Å². The van der Waals surface area contributed by atoms with Crippen LogP contribution < -0.4 is 5.26 Å². The van der Waals surface area contributed by atoms with E-state index in [2.05, 4.69) is 4.89 Å². The Bertz CT molecular complexity index is 172. The average molecular weight is 136 g/mol. The summed E-state index contributed by atoms with van der Waals surface area (Å²) in [5, 5.41) is 9.55. The molecule has 0 N–H and O–H groups in total. The minimum atomic E-state index is 0.574. The molecule has 0 saturated heterocycles. The third-order valence-electron chi connectivity index (χ3n) is 1.23. The van der Waals surface area contributed by atoms with E-state index in [1.165, 1.54) is 6.61 Å². The van der Waals surface area contributed by atoms with Crippen molar-refractivity contribution >= 4 is 0 Å². The molecule has 0 aromatic heterocycles. The molecule has 2 nitrogen and oxygen atoms in total. The molecular formula is C8H8O2-2. The molecule has 0 aliphatic rings. The largest absolute Gasteiger partial charge is 0.759 e. The highest BCUT2D eigenvalue weighted by molar-refractivity contribution is 5.15. The lowest BCUT2D eigenvalue weighted by Crippen LogP contribution is -2.02. The second kappa shape index (κ2) is 4.04. The van der Waals surface area contributed by atoms with Gasteiger partial charge in [0.15, 0.2) is 0 Å². The van der Waals surface area contributed by atoms with Crippen LogP contribution in [0.25, 0.3) is 0 Å². The zero-order valence-electron chi connectivity index (χ0n) is 5.49. The molecule has 0 spiro atoms. The van der Waals surface area contributed by atoms with Gasteiger partial charge < -0.3 is 10.1 Å². The summed E-state index contributed by atoms with van der Waals surface area (Å²) in [5.74, 6) is 0. The van der Waals surface area contributed by atoms with Crippen LogP contribution in [0, 0.1) is 6.61 Å². The first kappa shape index (κ1) is 7.25. The van der Waals surface area contributed by atoms with Crippen LogP contribution in [0.15, 0.2) is 30.3 Å². The van der Waals surface area contributed by atoms with E-state index in [1.54, 1.807) is 0 Å². The summed E-state index contributed by atoms with van der Waals surface area (Å²) in [7, 11) is 0. The second-order valence-electron chi connectivity index (χ2n) is 1.95. The second-order valence-corrected chi connectivity index (χ2v) is 1.95. The average Bonchev–Trinajstić information content (AvgIpc) is 2.03. The maximum absolute atomic E-state index is 9.55. The number of hydrogen-bond acceptors (Lipinski definition) is 2. The van der Waals surface area contributed by atoms with E-state index < -0.39 is 0 Å². The first-order chi connectivity index (χ1) is 4.93. The molecule has 0 radical (unpaired) electrons. The Balaban J connectivity index is 2.43. The maximum Gasteiger partial charge on any atom is -0.0616 e. The molecule has 0 atom stereocenters. The fourth-order valence-electron chi connectivity index (χ4n) is 0.744. The van der Waals surface area contributed by atoms with Crippen molar-refractivity contribution in [1.82, 2.24) is 0 Å². The zero-order chi connectivity index (χ0) is 7.23. The van der Waals surface area contributed by atoms with Crippen molar-refractivity contribution in [2.75, 3.05) is 0 Å². The summed E-state index contributed by atoms with van der Waals surface area (Å²) < 4.78 is 0. The van der Waals surface area contributed by atoms with E-state index in [1.807, 2.05) is 30.3 Å². The molecule has 0 unspecified atom stereocenters. The Labute approximate surface area is 60.0 Å². The SMILES string of the molecule is [O-]O[CH-]Cc1ccccc1. The van der Waals surface area contributed by atoms with Crippen LogP contribution in [0.2, 0.25) is 0 Å². The molecule has 0 aliphatic carbocycles. The number of benzene rings is 1. The van der Waals surface area contributed by atoms with Crippen LogP contribution in [-0.4, -0.2) is 0 Å². The van der Waals surface area contributed by atoms with Crippen LogP contribution in [0.5, 0.6) is 0 Å². The molecule has 0 fully saturated rings. The number of hydrogen-bond donors (Lipinski definition) is 0. The van der Waals surface area contributed by atoms with Crippen LogP contribution in [0.4, 0.5) is 0 Å². The van der Waals surface area contributed by atoms with Crippen molar-refractivity contribution in [3.8, 4) is 0 Å². The molecule has 0 saturated carbocycles. The van der Waals surface area contributed by atoms with Crippen LogP contribution in [-0.2, 0) is 11.3 Å². The lowest BCUT2D eigenvalue weighted by atomic mass is 10.2. The molecule has 0 bridgehead atoms. The van der Waals surface area contributed by atoms with E-state index in [0.29, 0.717) is 6.42 Å².